The van der Waals surface area contributed by atoms with Gasteiger partial charge in [0.2, 0.25) is 0 Å². The van der Waals surface area contributed by atoms with E-state index in [1.165, 1.54) is 24.1 Å². The molecule has 30 heavy (non-hydrogen) atoms. The van der Waals surface area contributed by atoms with Crippen LogP contribution in [0, 0.1) is 11.6 Å². The summed E-state index contributed by atoms with van der Waals surface area (Å²) in [6.07, 6.45) is -2.43. The van der Waals surface area contributed by atoms with Gasteiger partial charge in [0.05, 0.1) is 5.56 Å². The highest BCUT2D eigenvalue weighted by Gasteiger charge is 2.31. The Morgan fingerprint density at radius 3 is 2.47 bits per heavy atom. The van der Waals surface area contributed by atoms with Crippen LogP contribution in [0.4, 0.5) is 32.6 Å². The molecule has 2 amide bonds. The number of hydrogen-bond donors (Lipinski definition) is 1. The van der Waals surface area contributed by atoms with E-state index >= 15 is 0 Å². The first kappa shape index (κ1) is 21.8. The highest BCUT2D eigenvalue weighted by Crippen LogP contribution is 2.29. The first-order valence-corrected chi connectivity index (χ1v) is 9.37. The maximum Gasteiger partial charge on any atom is 0.417 e. The summed E-state index contributed by atoms with van der Waals surface area (Å²) >= 11 is 0. The van der Waals surface area contributed by atoms with Crippen LogP contribution in [0.25, 0.3) is 0 Å². The number of nitrogens with one attached hydrogen (secondary N) is 1. The molecule has 0 radical (unpaired) electrons. The van der Waals surface area contributed by atoms with E-state index in [0.29, 0.717) is 31.7 Å². The van der Waals surface area contributed by atoms with Crippen LogP contribution in [0.2, 0.25) is 0 Å². The summed E-state index contributed by atoms with van der Waals surface area (Å²) < 4.78 is 64.7. The predicted molar refractivity (Wildman–Crippen MR) is 101 cm³/mol. The summed E-state index contributed by atoms with van der Waals surface area (Å²) in [4.78, 5) is 19.4. The van der Waals surface area contributed by atoms with Gasteiger partial charge < -0.3 is 15.1 Å². The third-order valence-electron chi connectivity index (χ3n) is 4.99. The normalized spacial score (nSPS) is 15.2. The second-order valence-corrected chi connectivity index (χ2v) is 7.21. The quantitative estimate of drug-likeness (QED) is 0.743. The lowest BCUT2D eigenvalue weighted by molar-refractivity contribution is -0.137. The maximum absolute atomic E-state index is 13.8. The lowest BCUT2D eigenvalue weighted by atomic mass is 10.1. The van der Waals surface area contributed by atoms with Gasteiger partial charge in [0, 0.05) is 50.6 Å². The van der Waals surface area contributed by atoms with Crippen molar-refractivity contribution in [3.8, 4) is 0 Å². The van der Waals surface area contributed by atoms with Gasteiger partial charge in [-0.3, -0.25) is 0 Å². The molecule has 1 aliphatic heterocycles. The van der Waals surface area contributed by atoms with E-state index in [1.807, 2.05) is 4.90 Å². The molecule has 162 valence electrons. The van der Waals surface area contributed by atoms with Crippen molar-refractivity contribution >= 4 is 11.8 Å². The van der Waals surface area contributed by atoms with Crippen molar-refractivity contribution < 1.29 is 26.7 Å². The molecule has 0 unspecified atom stereocenters. The minimum atomic E-state index is -4.42. The molecule has 0 saturated carbocycles. The van der Waals surface area contributed by atoms with Crippen LogP contribution in [-0.2, 0) is 12.7 Å². The van der Waals surface area contributed by atoms with Gasteiger partial charge in [-0.1, -0.05) is 6.07 Å². The number of nitrogens with zero attached hydrogens (tertiary/aromatic N) is 3. The molecule has 2 aromatic rings. The van der Waals surface area contributed by atoms with Crippen molar-refractivity contribution in [3.05, 3.63) is 59.3 Å². The highest BCUT2D eigenvalue weighted by atomic mass is 19.4. The zero-order valence-corrected chi connectivity index (χ0v) is 16.2. The van der Waals surface area contributed by atoms with Gasteiger partial charge in [-0.2, -0.15) is 13.2 Å². The summed E-state index contributed by atoms with van der Waals surface area (Å²) in [7, 11) is 1.51. The topological polar surface area (TPSA) is 48.5 Å². The van der Waals surface area contributed by atoms with Gasteiger partial charge in [-0.15, -0.1) is 0 Å². The van der Waals surface area contributed by atoms with E-state index in [2.05, 4.69) is 10.3 Å². The smallest absolute Gasteiger partial charge is 0.356 e. The zero-order valence-electron chi connectivity index (χ0n) is 16.2. The van der Waals surface area contributed by atoms with Crippen molar-refractivity contribution in [2.24, 2.45) is 0 Å². The molecule has 2 heterocycles. The van der Waals surface area contributed by atoms with E-state index in [9.17, 15) is 26.7 Å². The lowest BCUT2D eigenvalue weighted by Gasteiger charge is -2.34. The number of benzene rings is 1. The van der Waals surface area contributed by atoms with Crippen LogP contribution in [0.15, 0.2) is 36.5 Å². The first-order chi connectivity index (χ1) is 14.1. The largest absolute Gasteiger partial charge is 0.417 e. The van der Waals surface area contributed by atoms with Crippen LogP contribution in [0.5, 0.6) is 0 Å². The molecule has 1 aliphatic rings. The summed E-state index contributed by atoms with van der Waals surface area (Å²) in [5.74, 6) is -0.943. The number of halogens is 5. The Hall–Kier alpha value is -2.91. The molecular formula is C20H21F5N4O. The minimum Gasteiger partial charge on any atom is -0.356 e. The molecule has 1 fully saturated rings. The number of anilines is 1. The van der Waals surface area contributed by atoms with Gasteiger partial charge in [0.1, 0.15) is 17.5 Å². The Labute approximate surface area is 170 Å². The fraction of sp³-hybridized carbons (Fsp3) is 0.400. The van der Waals surface area contributed by atoms with Crippen LogP contribution in [0.1, 0.15) is 24.0 Å². The van der Waals surface area contributed by atoms with Crippen molar-refractivity contribution in [3.63, 3.8) is 0 Å². The van der Waals surface area contributed by atoms with Crippen molar-refractivity contribution in [1.29, 1.82) is 0 Å². The van der Waals surface area contributed by atoms with E-state index in [0.717, 1.165) is 24.4 Å². The maximum atomic E-state index is 13.8. The number of hydrogen-bond acceptors (Lipinski definition) is 3. The van der Waals surface area contributed by atoms with Crippen molar-refractivity contribution in [2.45, 2.75) is 31.6 Å². The molecule has 1 aromatic carbocycles. The average Bonchev–Trinajstić information content (AvgIpc) is 2.70. The van der Waals surface area contributed by atoms with E-state index < -0.39 is 23.4 Å². The predicted octanol–water partition coefficient (Wildman–Crippen LogP) is 4.19. The molecule has 1 N–H and O–H groups in total. The summed E-state index contributed by atoms with van der Waals surface area (Å²) in [5, 5.41) is 2.87. The Balaban J connectivity index is 1.49. The molecule has 0 bridgehead atoms. The van der Waals surface area contributed by atoms with E-state index in [4.69, 9.17) is 0 Å². The number of pyridine rings is 1. The van der Waals surface area contributed by atoms with E-state index in [-0.39, 0.29) is 24.2 Å². The minimum absolute atomic E-state index is 0.00767. The number of urea groups is 1. The number of carbonyl (C=O) groups is 1. The number of alkyl halides is 3. The highest BCUT2D eigenvalue weighted by molar-refractivity contribution is 5.74. The molecule has 3 rings (SSSR count). The number of amides is 2. The zero-order chi connectivity index (χ0) is 21.9. The van der Waals surface area contributed by atoms with Gasteiger partial charge in [-0.25, -0.2) is 18.6 Å². The fourth-order valence-electron chi connectivity index (χ4n) is 3.26. The number of piperidine rings is 1. The van der Waals surface area contributed by atoms with Crippen LogP contribution in [-0.4, -0.2) is 42.1 Å². The number of aromatic nitrogens is 1. The molecule has 1 saturated heterocycles. The van der Waals surface area contributed by atoms with E-state index in [1.54, 1.807) is 0 Å². The van der Waals surface area contributed by atoms with Crippen molar-refractivity contribution in [1.82, 2.24) is 15.2 Å². The molecule has 0 spiro atoms. The van der Waals surface area contributed by atoms with Crippen LogP contribution >= 0.6 is 0 Å². The Bertz CT molecular complexity index is 880. The molecule has 1 aromatic heterocycles. The third kappa shape index (κ3) is 5.37. The average molecular weight is 428 g/mol. The number of rotatable bonds is 4. The van der Waals surface area contributed by atoms with Gasteiger partial charge >= 0.3 is 12.2 Å². The lowest BCUT2D eigenvalue weighted by Crippen LogP contribution is -2.48. The SMILES string of the molecule is CN(Cc1ccc(F)cc1F)C(=O)NC1CCN(c2ccc(C(F)(F)F)cn2)CC1. The second-order valence-electron chi connectivity index (χ2n) is 7.21. The Morgan fingerprint density at radius 2 is 1.90 bits per heavy atom. The van der Waals surface area contributed by atoms with Gasteiger partial charge in [-0.05, 0) is 31.0 Å². The van der Waals surface area contributed by atoms with Gasteiger partial charge in [0.15, 0.2) is 0 Å². The van der Waals surface area contributed by atoms with Crippen LogP contribution < -0.4 is 10.2 Å². The third-order valence-corrected chi connectivity index (χ3v) is 4.99. The van der Waals surface area contributed by atoms with Gasteiger partial charge in [0.25, 0.3) is 0 Å². The summed E-state index contributed by atoms with van der Waals surface area (Å²) in [6, 6.07) is 5.03. The fourth-order valence-corrected chi connectivity index (χ4v) is 3.26. The summed E-state index contributed by atoms with van der Waals surface area (Å²) in [6.45, 7) is 1.05. The molecule has 0 aliphatic carbocycles. The van der Waals surface area contributed by atoms with Crippen LogP contribution in [0.3, 0.4) is 0 Å². The molecule has 10 heteroatoms. The second kappa shape index (κ2) is 8.85. The molecule has 0 atom stereocenters. The first-order valence-electron chi connectivity index (χ1n) is 9.37. The Morgan fingerprint density at radius 1 is 1.20 bits per heavy atom. The summed E-state index contributed by atoms with van der Waals surface area (Å²) in [5.41, 5.74) is -0.591. The Kier molecular flexibility index (Phi) is 6.42. The standard InChI is InChI=1S/C20H21F5N4O/c1-28(12-13-2-4-15(21)10-17(13)22)19(30)27-16-6-8-29(9-7-16)18-5-3-14(11-26-18)20(23,24)25/h2-5,10-11,16H,6-9,12H2,1H3,(H,27,30). The molecule has 5 nitrogen and oxygen atoms in total. The number of carbonyl (C=O) groups excluding carboxylic acids is 1. The monoisotopic (exact) mass is 428 g/mol. The molecular weight excluding hydrogens is 407 g/mol. The van der Waals surface area contributed by atoms with Crippen molar-refractivity contribution in [2.75, 3.05) is 25.0 Å².